The fourth-order valence-corrected chi connectivity index (χ4v) is 11.1. The molecule has 0 radical (unpaired) electrons. The third-order valence-electron chi connectivity index (χ3n) is 14.3. The third-order valence-corrected chi connectivity index (χ3v) is 14.3. The summed E-state index contributed by atoms with van der Waals surface area (Å²) in [5.74, 6) is 5.51. The van der Waals surface area contributed by atoms with Crippen molar-refractivity contribution in [2.24, 2.45) is 46.3 Å². The van der Waals surface area contributed by atoms with E-state index in [0.29, 0.717) is 23.0 Å². The third kappa shape index (κ3) is 10.8. The molecule has 48 heavy (non-hydrogen) atoms. The number of ether oxygens (including phenoxy) is 3. The molecule has 0 spiro atoms. The number of hydrogen-bond donors (Lipinski definition) is 0. The molecule has 4 unspecified atom stereocenters. The molecule has 9 atom stereocenters. The first-order chi connectivity index (χ1) is 23.1. The average Bonchev–Trinajstić information content (AvgIpc) is 3.41. The quantitative estimate of drug-likeness (QED) is 0.0799. The molecule has 0 amide bonds. The zero-order valence-corrected chi connectivity index (χ0v) is 33.3. The van der Waals surface area contributed by atoms with Crippen molar-refractivity contribution in [2.75, 3.05) is 47.1 Å². The maximum Gasteiger partial charge on any atom is 0.0644 e. The summed E-state index contributed by atoms with van der Waals surface area (Å²) in [5, 5.41) is 0. The summed E-state index contributed by atoms with van der Waals surface area (Å²) in [6, 6.07) is 0.354. The number of nitrogens with zero attached hydrogens (tertiary/aromatic N) is 1. The molecule has 280 valence electrons. The molecule has 0 N–H and O–H groups in total. The van der Waals surface area contributed by atoms with Crippen LogP contribution in [-0.4, -0.2) is 64.2 Å². The second kappa shape index (κ2) is 20.0. The monoisotopic (exact) mass is 672 g/mol. The highest BCUT2D eigenvalue weighted by atomic mass is 16.5. The van der Waals surface area contributed by atoms with Crippen molar-refractivity contribution < 1.29 is 14.2 Å². The Bertz CT molecular complexity index is 932. The van der Waals surface area contributed by atoms with Crippen molar-refractivity contribution in [3.8, 4) is 0 Å². The van der Waals surface area contributed by atoms with E-state index in [9.17, 15) is 0 Å². The van der Waals surface area contributed by atoms with Crippen LogP contribution >= 0.6 is 0 Å². The van der Waals surface area contributed by atoms with Gasteiger partial charge in [0.2, 0.25) is 0 Å². The first kappa shape index (κ1) is 40.4. The molecule has 3 fully saturated rings. The SMILES string of the molecule is CCCCOC[C@@H](COCCCCCCCCOC1CCC2(C)C(=CCC3[C@@H]2CCC2(C)[C@@H]([C@H](C)CCCC(C)C)CC[C@@H]32)C1)N(C)C. The lowest BCUT2D eigenvalue weighted by molar-refractivity contribution is -0.0641. The summed E-state index contributed by atoms with van der Waals surface area (Å²) in [6.07, 6.45) is 28.6. The number of fused-ring (bicyclic) bond motifs is 5. The van der Waals surface area contributed by atoms with Crippen LogP contribution in [0.25, 0.3) is 0 Å². The summed E-state index contributed by atoms with van der Waals surface area (Å²) in [5.41, 5.74) is 2.81. The number of likely N-dealkylation sites (N-methyl/N-ethyl adjacent to an activating group) is 1. The van der Waals surface area contributed by atoms with Gasteiger partial charge in [0.1, 0.15) is 0 Å². The molecule has 0 aromatic carbocycles. The molecule has 0 heterocycles. The second-order valence-electron chi connectivity index (χ2n) is 18.3. The molecule has 0 saturated heterocycles. The van der Waals surface area contributed by atoms with Crippen molar-refractivity contribution in [2.45, 2.75) is 176 Å². The largest absolute Gasteiger partial charge is 0.380 e. The van der Waals surface area contributed by atoms with E-state index in [4.69, 9.17) is 14.2 Å². The fraction of sp³-hybridized carbons (Fsp3) is 0.955. The number of unbranched alkanes of at least 4 members (excludes halogenated alkanes) is 6. The van der Waals surface area contributed by atoms with Crippen LogP contribution in [-0.2, 0) is 14.2 Å². The second-order valence-corrected chi connectivity index (χ2v) is 18.3. The van der Waals surface area contributed by atoms with E-state index in [0.717, 1.165) is 75.0 Å². The predicted octanol–water partition coefficient (Wildman–Crippen LogP) is 11.5. The van der Waals surface area contributed by atoms with Gasteiger partial charge in [0, 0.05) is 19.8 Å². The highest BCUT2D eigenvalue weighted by Crippen LogP contribution is 2.67. The molecule has 0 aromatic rings. The Morgan fingerprint density at radius 1 is 0.771 bits per heavy atom. The summed E-state index contributed by atoms with van der Waals surface area (Å²) in [6.45, 7) is 19.2. The number of rotatable bonds is 23. The van der Waals surface area contributed by atoms with Gasteiger partial charge in [-0.05, 0) is 131 Å². The van der Waals surface area contributed by atoms with Gasteiger partial charge in [-0.2, -0.15) is 0 Å². The Morgan fingerprint density at radius 2 is 1.46 bits per heavy atom. The summed E-state index contributed by atoms with van der Waals surface area (Å²) >= 11 is 0. The zero-order valence-electron chi connectivity index (χ0n) is 33.3. The molecule has 4 rings (SSSR count). The van der Waals surface area contributed by atoms with Crippen molar-refractivity contribution >= 4 is 0 Å². The molecule has 4 aliphatic carbocycles. The summed E-state index contributed by atoms with van der Waals surface area (Å²) in [4.78, 5) is 2.23. The van der Waals surface area contributed by atoms with Crippen LogP contribution in [0.4, 0.5) is 0 Å². The van der Waals surface area contributed by atoms with Crippen molar-refractivity contribution in [1.29, 1.82) is 0 Å². The highest BCUT2D eigenvalue weighted by Gasteiger charge is 2.59. The normalized spacial score (nSPS) is 33.0. The van der Waals surface area contributed by atoms with E-state index in [-0.39, 0.29) is 0 Å². The standard InChI is InChI=1S/C44H81NO3/c1-9-10-28-46-32-37(45(7)8)33-47-29-15-13-11-12-14-16-30-48-38-24-26-43(5)36(31-38)20-21-39-41-23-22-40(35(4)19-17-18-34(2)3)44(41,6)27-25-42(39)43/h20,34-35,37-42H,9-19,21-33H2,1-8H3/t35-,37+,38?,39?,40-,41+,42+,43?,44?/m1/s1. The Labute approximate surface area is 299 Å². The van der Waals surface area contributed by atoms with Gasteiger partial charge in [0.05, 0.1) is 25.4 Å². The smallest absolute Gasteiger partial charge is 0.0644 e. The minimum absolute atomic E-state index is 0.354. The Hall–Kier alpha value is -0.420. The summed E-state index contributed by atoms with van der Waals surface area (Å²) < 4.78 is 18.4. The van der Waals surface area contributed by atoms with E-state index >= 15 is 0 Å². The van der Waals surface area contributed by atoms with Gasteiger partial charge in [0.25, 0.3) is 0 Å². The Morgan fingerprint density at radius 3 is 2.15 bits per heavy atom. The van der Waals surface area contributed by atoms with Crippen molar-refractivity contribution in [1.82, 2.24) is 4.90 Å². The van der Waals surface area contributed by atoms with Crippen LogP contribution in [0.3, 0.4) is 0 Å². The van der Waals surface area contributed by atoms with Gasteiger partial charge in [-0.3, -0.25) is 0 Å². The molecular formula is C44H81NO3. The van der Waals surface area contributed by atoms with E-state index in [1.165, 1.54) is 116 Å². The number of allylic oxidation sites excluding steroid dienone is 1. The van der Waals surface area contributed by atoms with E-state index in [1.807, 2.05) is 0 Å². The average molecular weight is 672 g/mol. The van der Waals surface area contributed by atoms with E-state index in [1.54, 1.807) is 5.57 Å². The molecule has 3 saturated carbocycles. The predicted molar refractivity (Wildman–Crippen MR) is 205 cm³/mol. The first-order valence-electron chi connectivity index (χ1n) is 21.2. The van der Waals surface area contributed by atoms with Crippen LogP contribution in [0.5, 0.6) is 0 Å². The maximum absolute atomic E-state index is 6.55. The zero-order chi connectivity index (χ0) is 34.6. The molecule has 0 aliphatic heterocycles. The Kier molecular flexibility index (Phi) is 16.8. The van der Waals surface area contributed by atoms with Gasteiger partial charge >= 0.3 is 0 Å². The molecule has 0 bridgehead atoms. The lowest BCUT2D eigenvalue weighted by atomic mass is 9.47. The first-order valence-corrected chi connectivity index (χ1v) is 21.2. The van der Waals surface area contributed by atoms with Crippen LogP contribution in [0.2, 0.25) is 0 Å². The molecular weight excluding hydrogens is 590 g/mol. The Balaban J connectivity index is 1.09. The van der Waals surface area contributed by atoms with Gasteiger partial charge in [-0.25, -0.2) is 0 Å². The van der Waals surface area contributed by atoms with Crippen LogP contribution in [0, 0.1) is 46.3 Å². The van der Waals surface area contributed by atoms with Crippen LogP contribution < -0.4 is 0 Å². The van der Waals surface area contributed by atoms with E-state index in [2.05, 4.69) is 66.6 Å². The lowest BCUT2D eigenvalue weighted by Crippen LogP contribution is -2.51. The fourth-order valence-electron chi connectivity index (χ4n) is 11.1. The minimum atomic E-state index is 0.354. The minimum Gasteiger partial charge on any atom is -0.380 e. The molecule has 4 heteroatoms. The van der Waals surface area contributed by atoms with Gasteiger partial charge in [-0.1, -0.05) is 105 Å². The topological polar surface area (TPSA) is 30.9 Å². The highest BCUT2D eigenvalue weighted by molar-refractivity contribution is 5.25. The summed E-state index contributed by atoms with van der Waals surface area (Å²) in [7, 11) is 4.25. The van der Waals surface area contributed by atoms with Crippen molar-refractivity contribution in [3.05, 3.63) is 11.6 Å². The maximum atomic E-state index is 6.55. The molecule has 0 aromatic heterocycles. The van der Waals surface area contributed by atoms with Gasteiger partial charge < -0.3 is 19.1 Å². The lowest BCUT2D eigenvalue weighted by Gasteiger charge is -2.58. The van der Waals surface area contributed by atoms with E-state index < -0.39 is 0 Å². The van der Waals surface area contributed by atoms with Gasteiger partial charge in [0.15, 0.2) is 0 Å². The van der Waals surface area contributed by atoms with Gasteiger partial charge in [-0.15, -0.1) is 0 Å². The molecule has 4 nitrogen and oxygen atoms in total. The number of hydrogen-bond acceptors (Lipinski definition) is 4. The van der Waals surface area contributed by atoms with Crippen LogP contribution in [0.15, 0.2) is 11.6 Å². The molecule has 4 aliphatic rings. The van der Waals surface area contributed by atoms with Crippen LogP contribution in [0.1, 0.15) is 164 Å². The van der Waals surface area contributed by atoms with Crippen molar-refractivity contribution in [3.63, 3.8) is 0 Å².